The van der Waals surface area contributed by atoms with Crippen LogP contribution >= 0.6 is 12.6 Å². The summed E-state index contributed by atoms with van der Waals surface area (Å²) in [6, 6.07) is 6.71. The van der Waals surface area contributed by atoms with Crippen molar-refractivity contribution in [3.8, 4) is 17.2 Å². The van der Waals surface area contributed by atoms with Crippen molar-refractivity contribution in [2.45, 2.75) is 76.4 Å². The van der Waals surface area contributed by atoms with Gasteiger partial charge in [-0.2, -0.15) is 12.6 Å². The summed E-state index contributed by atoms with van der Waals surface area (Å²) >= 11 is 4.35. The molecule has 11 nitrogen and oxygen atoms in total. The Morgan fingerprint density at radius 1 is 1.04 bits per heavy atom. The number of rotatable bonds is 15. The number of carbonyl (C=O) groups excluding carboxylic acids is 2. The Morgan fingerprint density at radius 3 is 2.43 bits per heavy atom. The Balaban J connectivity index is 1.19. The van der Waals surface area contributed by atoms with Gasteiger partial charge < -0.3 is 33.9 Å². The lowest BCUT2D eigenvalue weighted by molar-refractivity contribution is 0.0773. The molecule has 0 saturated carbocycles. The van der Waals surface area contributed by atoms with Crippen molar-refractivity contribution in [3.05, 3.63) is 78.0 Å². The molecule has 0 spiro atoms. The Kier molecular flexibility index (Phi) is 12.4. The van der Waals surface area contributed by atoms with Gasteiger partial charge in [0.05, 0.1) is 49.3 Å². The summed E-state index contributed by atoms with van der Waals surface area (Å²) in [6.07, 6.45) is 5.19. The van der Waals surface area contributed by atoms with Crippen LogP contribution < -0.4 is 19.1 Å². The van der Waals surface area contributed by atoms with Gasteiger partial charge in [0.15, 0.2) is 17.7 Å². The number of fused-ring (bicyclic) bond motifs is 2. The number of ether oxygens (including phenoxy) is 4. The van der Waals surface area contributed by atoms with Crippen LogP contribution in [0.3, 0.4) is 0 Å². The number of aryl methyl sites for hydroxylation is 2. The molecule has 0 bridgehead atoms. The Labute approximate surface area is 306 Å². The molecule has 4 atom stereocenters. The zero-order valence-corrected chi connectivity index (χ0v) is 31.0. The predicted molar refractivity (Wildman–Crippen MR) is 203 cm³/mol. The number of benzene rings is 2. The van der Waals surface area contributed by atoms with Crippen LogP contribution in [0.25, 0.3) is 0 Å². The van der Waals surface area contributed by atoms with E-state index >= 15 is 0 Å². The minimum atomic E-state index is -1.22. The predicted octanol–water partition coefficient (Wildman–Crippen LogP) is 6.78. The van der Waals surface area contributed by atoms with Gasteiger partial charge in [-0.15, -0.1) is 0 Å². The normalized spacial score (nSPS) is 19.3. The summed E-state index contributed by atoms with van der Waals surface area (Å²) in [4.78, 5) is 36.3. The van der Waals surface area contributed by atoms with E-state index in [4.69, 9.17) is 18.9 Å². The van der Waals surface area contributed by atoms with Gasteiger partial charge in [0.2, 0.25) is 0 Å². The molecule has 0 aliphatic carbocycles. The third-order valence-corrected chi connectivity index (χ3v) is 9.47. The van der Waals surface area contributed by atoms with Crippen LogP contribution in [0.4, 0.5) is 16.2 Å². The van der Waals surface area contributed by atoms with E-state index in [0.717, 1.165) is 48.0 Å². The van der Waals surface area contributed by atoms with E-state index < -0.39 is 18.4 Å². The molecular formula is C39H50N4O7S. The smallest absolute Gasteiger partial charge is 0.416 e. The number of hydrogen-bond acceptors (Lipinski definition) is 10. The van der Waals surface area contributed by atoms with Crippen LogP contribution in [0.2, 0.25) is 0 Å². The van der Waals surface area contributed by atoms with Gasteiger partial charge in [0.1, 0.15) is 12.4 Å². The molecule has 2 aromatic carbocycles. The largest absolute Gasteiger partial charge is 0.493 e. The summed E-state index contributed by atoms with van der Waals surface area (Å²) < 4.78 is 23.4. The lowest BCUT2D eigenvalue weighted by atomic mass is 10.1. The molecule has 0 aromatic heterocycles. The number of thiol groups is 1. The van der Waals surface area contributed by atoms with Crippen molar-refractivity contribution in [1.29, 1.82) is 0 Å². The third-order valence-electron chi connectivity index (χ3n) is 9.33. The van der Waals surface area contributed by atoms with Gasteiger partial charge >= 0.3 is 6.09 Å². The molecule has 12 heteroatoms. The zero-order chi connectivity index (χ0) is 36.8. The minimum absolute atomic E-state index is 0.0830. The van der Waals surface area contributed by atoms with Gasteiger partial charge in [-0.05, 0) is 69.3 Å². The highest BCUT2D eigenvalue weighted by atomic mass is 32.1. The molecule has 2 amide bonds. The molecule has 51 heavy (non-hydrogen) atoms. The number of methoxy groups -OCH3 is 1. The highest BCUT2D eigenvalue weighted by molar-refractivity contribution is 7.80. The van der Waals surface area contributed by atoms with E-state index in [0.29, 0.717) is 66.9 Å². The van der Waals surface area contributed by atoms with Gasteiger partial charge in [0.25, 0.3) is 5.91 Å². The fourth-order valence-corrected chi connectivity index (χ4v) is 6.77. The Hall–Kier alpha value is -4.42. The monoisotopic (exact) mass is 718 g/mol. The number of nitrogens with zero attached hydrogens (tertiary/aromatic N) is 4. The first-order valence-electron chi connectivity index (χ1n) is 17.4. The number of aliphatic hydroxyl groups is 1. The average Bonchev–Trinajstić information content (AvgIpc) is 3.65. The van der Waals surface area contributed by atoms with Gasteiger partial charge in [-0.25, -0.2) is 9.69 Å². The van der Waals surface area contributed by atoms with Crippen LogP contribution in [-0.2, 0) is 4.74 Å². The van der Waals surface area contributed by atoms with E-state index in [9.17, 15) is 14.7 Å². The van der Waals surface area contributed by atoms with Crippen LogP contribution in [0, 0.1) is 13.8 Å². The highest BCUT2D eigenvalue weighted by Crippen LogP contribution is 2.39. The molecule has 3 aliphatic heterocycles. The Bertz CT molecular complexity index is 1690. The number of unbranched alkanes of at least 4 members (excludes halogenated alkanes) is 2. The van der Waals surface area contributed by atoms with Crippen LogP contribution in [0.1, 0.15) is 60.5 Å². The standard InChI is InChI=1S/C39H50N4O7S/c1-8-41-21-25(3)15-33(41)38(45)43(39(46)50-23-28(6)51)32-19-34(27(5)16-26(32)4)48-12-10-9-11-13-49-36-18-31-30(17-35(36)47-7)37(44)42-22-24(2)14-29(42)20-40-31/h8,16-20,28-29,33,38,45,51H,1-3,9-15,21-23H2,4-7H3. The third kappa shape index (κ3) is 8.73. The number of aliphatic imine (C=N–C) groups is 1. The van der Waals surface area contributed by atoms with Crippen molar-refractivity contribution in [2.75, 3.05) is 44.9 Å². The lowest BCUT2D eigenvalue weighted by Crippen LogP contribution is -2.51. The highest BCUT2D eigenvalue weighted by Gasteiger charge is 2.39. The first kappa shape index (κ1) is 37.8. The summed E-state index contributed by atoms with van der Waals surface area (Å²) in [7, 11) is 1.56. The van der Waals surface area contributed by atoms with Crippen molar-refractivity contribution < 1.29 is 33.6 Å². The number of anilines is 1. The second-order valence-corrected chi connectivity index (χ2v) is 14.4. The van der Waals surface area contributed by atoms with Crippen LogP contribution in [0.15, 0.2) is 66.3 Å². The molecule has 5 rings (SSSR count). The molecular weight excluding hydrogens is 669 g/mol. The second kappa shape index (κ2) is 16.7. The molecule has 1 N–H and O–H groups in total. The van der Waals surface area contributed by atoms with Crippen molar-refractivity contribution in [3.63, 3.8) is 0 Å². The maximum atomic E-state index is 13.5. The lowest BCUT2D eigenvalue weighted by Gasteiger charge is -2.35. The van der Waals surface area contributed by atoms with Gasteiger partial charge in [-0.1, -0.05) is 43.9 Å². The van der Waals surface area contributed by atoms with E-state index in [1.807, 2.05) is 38.0 Å². The fraction of sp³-hybridized carbons (Fsp3) is 0.462. The molecule has 2 aromatic rings. The fourth-order valence-electron chi connectivity index (χ4n) is 6.70. The summed E-state index contributed by atoms with van der Waals surface area (Å²) in [5, 5.41) is 11.5. The van der Waals surface area contributed by atoms with Crippen molar-refractivity contribution in [1.82, 2.24) is 9.80 Å². The number of carbonyl (C=O) groups is 2. The molecule has 274 valence electrons. The first-order valence-corrected chi connectivity index (χ1v) is 17.9. The molecule has 2 saturated heterocycles. The molecule has 3 aliphatic rings. The number of amides is 2. The van der Waals surface area contributed by atoms with Crippen LogP contribution in [-0.4, -0.2) is 96.7 Å². The zero-order valence-electron chi connectivity index (χ0n) is 30.1. The van der Waals surface area contributed by atoms with Crippen molar-refractivity contribution in [2.24, 2.45) is 4.99 Å². The SMILES string of the molecule is C=CN1CC(=C)CC1C(O)N(C(=O)OCC(C)S)c1cc(OCCCCCOc2cc3c(cc2OC)C(=O)N2CC(=C)CC2C=N3)c(C)cc1C. The second-order valence-electron chi connectivity index (χ2n) is 13.5. The van der Waals surface area contributed by atoms with Crippen molar-refractivity contribution >= 4 is 42.2 Å². The number of aliphatic hydroxyl groups excluding tert-OH is 1. The van der Waals surface area contributed by atoms with E-state index in [1.54, 1.807) is 36.4 Å². The van der Waals surface area contributed by atoms with E-state index in [2.05, 4.69) is 37.4 Å². The van der Waals surface area contributed by atoms with Gasteiger partial charge in [0, 0.05) is 36.7 Å². The summed E-state index contributed by atoms with van der Waals surface area (Å²) in [5.41, 5.74) is 5.23. The minimum Gasteiger partial charge on any atom is -0.493 e. The number of likely N-dealkylation sites (tertiary alicyclic amines) is 1. The van der Waals surface area contributed by atoms with E-state index in [-0.39, 0.29) is 23.8 Å². The molecule has 0 radical (unpaired) electrons. The van der Waals surface area contributed by atoms with E-state index in [1.165, 1.54) is 4.90 Å². The first-order chi connectivity index (χ1) is 24.4. The number of hydrogen-bond donors (Lipinski definition) is 2. The molecule has 2 fully saturated rings. The topological polar surface area (TPSA) is 113 Å². The molecule has 3 heterocycles. The summed E-state index contributed by atoms with van der Waals surface area (Å²) in [6.45, 7) is 19.7. The summed E-state index contributed by atoms with van der Waals surface area (Å²) in [5.74, 6) is 1.56. The maximum absolute atomic E-state index is 13.5. The molecule has 4 unspecified atom stereocenters. The Morgan fingerprint density at radius 2 is 1.75 bits per heavy atom. The quantitative estimate of drug-likeness (QED) is 0.0898. The average molecular weight is 719 g/mol. The van der Waals surface area contributed by atoms with Crippen LogP contribution in [0.5, 0.6) is 17.2 Å². The maximum Gasteiger partial charge on any atom is 0.416 e. The van der Waals surface area contributed by atoms with Gasteiger partial charge in [-0.3, -0.25) is 9.79 Å².